The molecule has 0 amide bonds. The third-order valence-electron chi connectivity index (χ3n) is 11.5. The SMILES string of the molecule is c1cncc(N2c3ccccc3C3(c4ccccc42)c2ccccc2C2(c4ccccc4N(c4cccnc4)c4ccccc42)c2ccccc23)c1. The number of hydrogen-bond acceptors (Lipinski definition) is 4. The normalized spacial score (nSPS) is 15.2. The molecule has 0 radical (unpaired) electrons. The highest BCUT2D eigenvalue weighted by atomic mass is 15.2. The number of para-hydroxylation sites is 4. The molecule has 2 aliphatic heterocycles. The van der Waals surface area contributed by atoms with E-state index in [0.717, 1.165) is 34.1 Å². The van der Waals surface area contributed by atoms with Crippen LogP contribution in [0.3, 0.4) is 0 Å². The third-order valence-corrected chi connectivity index (χ3v) is 11.5. The molecule has 1 aliphatic carbocycles. The van der Waals surface area contributed by atoms with Crippen molar-refractivity contribution in [1.82, 2.24) is 9.97 Å². The summed E-state index contributed by atoms with van der Waals surface area (Å²) in [6.07, 6.45) is 7.62. The van der Waals surface area contributed by atoms with Crippen molar-refractivity contribution < 1.29 is 0 Å². The Labute approximate surface area is 303 Å². The van der Waals surface area contributed by atoms with Gasteiger partial charge in [-0.05, 0) is 93.0 Å². The summed E-state index contributed by atoms with van der Waals surface area (Å²) in [6, 6.07) is 62.7. The minimum atomic E-state index is -0.602. The van der Waals surface area contributed by atoms with E-state index in [-0.39, 0.29) is 0 Å². The van der Waals surface area contributed by atoms with Gasteiger partial charge in [0.05, 0.1) is 57.3 Å². The maximum atomic E-state index is 4.56. The minimum Gasteiger partial charge on any atom is -0.308 e. The van der Waals surface area contributed by atoms with Crippen LogP contribution in [0, 0.1) is 0 Å². The van der Waals surface area contributed by atoms with Crippen LogP contribution >= 0.6 is 0 Å². The summed E-state index contributed by atoms with van der Waals surface area (Å²) in [5.74, 6) is 0. The first-order valence-electron chi connectivity index (χ1n) is 17.8. The molecule has 52 heavy (non-hydrogen) atoms. The molecular formula is C48H32N4. The van der Waals surface area contributed by atoms with Gasteiger partial charge in [-0.1, -0.05) is 121 Å². The summed E-state index contributed by atoms with van der Waals surface area (Å²) in [6.45, 7) is 0. The molecule has 6 aromatic carbocycles. The van der Waals surface area contributed by atoms with Crippen molar-refractivity contribution in [2.75, 3.05) is 9.80 Å². The molecule has 0 N–H and O–H groups in total. The Morgan fingerprint density at radius 1 is 0.288 bits per heavy atom. The van der Waals surface area contributed by atoms with Gasteiger partial charge in [-0.3, -0.25) is 9.97 Å². The molecule has 0 unspecified atom stereocenters. The number of pyridine rings is 2. The van der Waals surface area contributed by atoms with Crippen LogP contribution < -0.4 is 9.80 Å². The fourth-order valence-electron chi connectivity index (χ4n) is 9.75. The van der Waals surface area contributed by atoms with E-state index in [1.54, 1.807) is 0 Å². The highest BCUT2D eigenvalue weighted by Crippen LogP contribution is 2.67. The first kappa shape index (κ1) is 29.0. The number of fused-ring (bicyclic) bond motifs is 14. The van der Waals surface area contributed by atoms with E-state index in [4.69, 9.17) is 0 Å². The summed E-state index contributed by atoms with van der Waals surface area (Å²) in [5, 5.41) is 0. The maximum Gasteiger partial charge on any atom is 0.0748 e. The topological polar surface area (TPSA) is 32.3 Å². The van der Waals surface area contributed by atoms with Gasteiger partial charge in [0, 0.05) is 12.4 Å². The predicted molar refractivity (Wildman–Crippen MR) is 209 cm³/mol. The van der Waals surface area contributed by atoms with Crippen LogP contribution in [-0.4, -0.2) is 9.97 Å². The summed E-state index contributed by atoms with van der Waals surface area (Å²) >= 11 is 0. The third kappa shape index (κ3) is 3.55. The lowest BCUT2D eigenvalue weighted by Gasteiger charge is -2.56. The molecule has 2 aromatic heterocycles. The van der Waals surface area contributed by atoms with Crippen molar-refractivity contribution in [3.63, 3.8) is 0 Å². The highest BCUT2D eigenvalue weighted by molar-refractivity contribution is 5.95. The Morgan fingerprint density at radius 2 is 0.558 bits per heavy atom. The van der Waals surface area contributed by atoms with Crippen molar-refractivity contribution in [2.24, 2.45) is 0 Å². The monoisotopic (exact) mass is 664 g/mol. The van der Waals surface area contributed by atoms with Gasteiger partial charge in [-0.15, -0.1) is 0 Å². The quantitative estimate of drug-likeness (QED) is 0.184. The summed E-state index contributed by atoms with van der Waals surface area (Å²) in [4.78, 5) is 13.9. The molecule has 4 heteroatoms. The van der Waals surface area contributed by atoms with Gasteiger partial charge in [-0.25, -0.2) is 0 Å². The van der Waals surface area contributed by atoms with Gasteiger partial charge in [-0.2, -0.15) is 0 Å². The lowest BCUT2D eigenvalue weighted by molar-refractivity contribution is 0.607. The molecule has 4 nitrogen and oxygen atoms in total. The van der Waals surface area contributed by atoms with Crippen LogP contribution in [0.5, 0.6) is 0 Å². The molecule has 11 rings (SSSR count). The van der Waals surface area contributed by atoms with Gasteiger partial charge >= 0.3 is 0 Å². The predicted octanol–water partition coefficient (Wildman–Crippen LogP) is 11.1. The number of aromatic nitrogens is 2. The van der Waals surface area contributed by atoms with Crippen molar-refractivity contribution in [2.45, 2.75) is 10.8 Å². The van der Waals surface area contributed by atoms with Gasteiger partial charge in [0.15, 0.2) is 0 Å². The van der Waals surface area contributed by atoms with E-state index < -0.39 is 10.8 Å². The molecule has 0 saturated carbocycles. The summed E-state index contributed by atoms with van der Waals surface area (Å²) < 4.78 is 0. The van der Waals surface area contributed by atoms with E-state index >= 15 is 0 Å². The van der Waals surface area contributed by atoms with Crippen LogP contribution in [-0.2, 0) is 10.8 Å². The molecule has 244 valence electrons. The fraction of sp³-hybridized carbons (Fsp3) is 0.0417. The van der Waals surface area contributed by atoms with Crippen LogP contribution in [0.25, 0.3) is 0 Å². The number of rotatable bonds is 2. The van der Waals surface area contributed by atoms with Gasteiger partial charge in [0.2, 0.25) is 0 Å². The molecule has 4 heterocycles. The van der Waals surface area contributed by atoms with Crippen molar-refractivity contribution >= 4 is 34.1 Å². The lowest BCUT2D eigenvalue weighted by atomic mass is 9.49. The summed E-state index contributed by atoms with van der Waals surface area (Å²) in [5.41, 5.74) is 15.7. The molecule has 0 saturated heterocycles. The Balaban J connectivity index is 1.31. The first-order chi connectivity index (χ1) is 25.8. The molecule has 0 fully saturated rings. The Morgan fingerprint density at radius 3 is 0.827 bits per heavy atom. The Kier molecular flexibility index (Phi) is 6.06. The largest absolute Gasteiger partial charge is 0.308 e. The maximum absolute atomic E-state index is 4.56. The number of benzene rings is 6. The van der Waals surface area contributed by atoms with Crippen LogP contribution in [0.2, 0.25) is 0 Å². The van der Waals surface area contributed by atoms with Crippen molar-refractivity contribution in [3.05, 3.63) is 239 Å². The van der Waals surface area contributed by atoms with Gasteiger partial charge in [0.25, 0.3) is 0 Å². The molecule has 8 aromatic rings. The standard InChI is InChI=1S/C48H32N4/c1-2-18-36-35(17-1)47(39-21-5-9-25-43(39)51(33-15-13-29-49-31-33)44-26-10-6-22-40(44)47)37-19-3-4-20-38(37)48(36)41-23-7-11-27-45(41)52(34-16-14-30-50-32-34)46-28-12-8-24-42(46)48/h1-32H. The van der Waals surface area contributed by atoms with E-state index in [0.29, 0.717) is 0 Å². The highest BCUT2D eigenvalue weighted by Gasteiger charge is 2.58. The van der Waals surface area contributed by atoms with E-state index in [1.807, 2.05) is 36.9 Å². The second kappa shape index (κ2) is 10.9. The van der Waals surface area contributed by atoms with Gasteiger partial charge < -0.3 is 9.80 Å². The number of hydrogen-bond donors (Lipinski definition) is 0. The van der Waals surface area contributed by atoms with Crippen LogP contribution in [0.15, 0.2) is 195 Å². The van der Waals surface area contributed by atoms with Gasteiger partial charge in [0.1, 0.15) is 0 Å². The Hall–Kier alpha value is -6.78. The fourth-order valence-corrected chi connectivity index (χ4v) is 9.75. The summed E-state index contributed by atoms with van der Waals surface area (Å²) in [7, 11) is 0. The number of anilines is 6. The average molecular weight is 665 g/mol. The number of nitrogens with zero attached hydrogens (tertiary/aromatic N) is 4. The molecule has 2 spiro atoms. The zero-order chi connectivity index (χ0) is 34.3. The zero-order valence-corrected chi connectivity index (χ0v) is 28.3. The first-order valence-corrected chi connectivity index (χ1v) is 17.8. The van der Waals surface area contributed by atoms with Crippen LogP contribution in [0.1, 0.15) is 44.5 Å². The molecular weight excluding hydrogens is 633 g/mol. The molecule has 0 bridgehead atoms. The van der Waals surface area contributed by atoms with Crippen molar-refractivity contribution in [1.29, 1.82) is 0 Å². The molecule has 3 aliphatic rings. The lowest BCUT2D eigenvalue weighted by Crippen LogP contribution is -2.49. The second-order valence-electron chi connectivity index (χ2n) is 13.8. The zero-order valence-electron chi connectivity index (χ0n) is 28.3. The van der Waals surface area contributed by atoms with Crippen LogP contribution in [0.4, 0.5) is 34.1 Å². The van der Waals surface area contributed by atoms with E-state index in [9.17, 15) is 0 Å². The minimum absolute atomic E-state index is 0.602. The van der Waals surface area contributed by atoms with E-state index in [2.05, 4.69) is 177 Å². The average Bonchev–Trinajstić information content (AvgIpc) is 3.23. The molecule has 0 atom stereocenters. The smallest absolute Gasteiger partial charge is 0.0748 e. The second-order valence-corrected chi connectivity index (χ2v) is 13.8. The Bertz CT molecular complexity index is 2340. The van der Waals surface area contributed by atoms with E-state index in [1.165, 1.54) is 44.5 Å². The van der Waals surface area contributed by atoms with Crippen molar-refractivity contribution in [3.8, 4) is 0 Å².